The van der Waals surface area contributed by atoms with Gasteiger partial charge in [0.05, 0.1) is 22.0 Å². The zero-order chi connectivity index (χ0) is 25.9. The average Bonchev–Trinajstić information content (AvgIpc) is 3.30. The number of carbonyl (C=O) groups is 2. The molecule has 4 aromatic rings. The molecular weight excluding hydrogens is 497 g/mol. The van der Waals surface area contributed by atoms with Crippen LogP contribution in [0.3, 0.4) is 0 Å². The van der Waals surface area contributed by atoms with E-state index in [1.54, 1.807) is 30.3 Å². The fraction of sp³-hybridized carbons (Fsp3) is 0.185. The molecule has 188 valence electrons. The number of hydrogen-bond acceptors (Lipinski definition) is 5. The van der Waals surface area contributed by atoms with Crippen molar-refractivity contribution in [3.05, 3.63) is 95.0 Å². The third-order valence-electron chi connectivity index (χ3n) is 6.26. The monoisotopic (exact) mass is 519 g/mol. The van der Waals surface area contributed by atoms with Crippen molar-refractivity contribution in [2.45, 2.75) is 18.9 Å². The van der Waals surface area contributed by atoms with E-state index in [1.807, 2.05) is 18.2 Å². The Hall–Kier alpha value is -4.08. The van der Waals surface area contributed by atoms with E-state index in [4.69, 9.17) is 11.6 Å². The van der Waals surface area contributed by atoms with Gasteiger partial charge in [0.2, 0.25) is 0 Å². The number of amides is 2. The number of pyridine rings is 1. The first kappa shape index (κ1) is 24.6. The number of anilines is 1. The lowest BCUT2D eigenvalue weighted by Gasteiger charge is -2.34. The maximum absolute atomic E-state index is 14.6. The van der Waals surface area contributed by atoms with E-state index >= 15 is 0 Å². The first-order valence-corrected chi connectivity index (χ1v) is 12.1. The molecule has 0 saturated heterocycles. The minimum atomic E-state index is -0.604. The van der Waals surface area contributed by atoms with Gasteiger partial charge >= 0.3 is 0 Å². The summed E-state index contributed by atoms with van der Waals surface area (Å²) in [7, 11) is 0. The molecule has 2 aromatic carbocycles. The molecule has 0 spiro atoms. The van der Waals surface area contributed by atoms with Gasteiger partial charge in [-0.3, -0.25) is 14.6 Å². The van der Waals surface area contributed by atoms with Crippen LogP contribution in [0.1, 0.15) is 33.7 Å². The van der Waals surface area contributed by atoms with Crippen LogP contribution in [-0.4, -0.2) is 44.3 Å². The van der Waals surface area contributed by atoms with E-state index < -0.39 is 11.7 Å². The summed E-state index contributed by atoms with van der Waals surface area (Å²) in [5.74, 6) is -1.16. The van der Waals surface area contributed by atoms with Gasteiger partial charge in [-0.15, -0.1) is 0 Å². The van der Waals surface area contributed by atoms with Crippen LogP contribution in [0.2, 0.25) is 5.02 Å². The van der Waals surface area contributed by atoms with Crippen LogP contribution < -0.4 is 10.6 Å². The number of aliphatic hydroxyl groups excluding tert-OH is 1. The Labute approximate surface area is 217 Å². The first-order valence-electron chi connectivity index (χ1n) is 11.7. The van der Waals surface area contributed by atoms with Crippen LogP contribution in [0.15, 0.2) is 72.9 Å². The SMILES string of the molecule is O=C(NC1CC(CO)C1)c1cc(NC(=O)c2cc(-c3ccccn3)c(F)cc2Cl)n(-c2ccccc2)n1. The van der Waals surface area contributed by atoms with Crippen LogP contribution in [0.4, 0.5) is 10.2 Å². The molecule has 3 N–H and O–H groups in total. The van der Waals surface area contributed by atoms with Crippen LogP contribution in [0.25, 0.3) is 16.9 Å². The average molecular weight is 520 g/mol. The van der Waals surface area contributed by atoms with Crippen molar-refractivity contribution in [3.63, 3.8) is 0 Å². The van der Waals surface area contributed by atoms with Gasteiger partial charge in [-0.1, -0.05) is 35.9 Å². The molecule has 0 unspecified atom stereocenters. The second-order valence-corrected chi connectivity index (χ2v) is 9.24. The van der Waals surface area contributed by atoms with E-state index in [1.165, 1.54) is 23.0 Å². The van der Waals surface area contributed by atoms with Crippen LogP contribution >= 0.6 is 11.6 Å². The maximum atomic E-state index is 14.6. The highest BCUT2D eigenvalue weighted by atomic mass is 35.5. The number of nitrogens with one attached hydrogen (secondary N) is 2. The Morgan fingerprint density at radius 3 is 2.51 bits per heavy atom. The van der Waals surface area contributed by atoms with Crippen LogP contribution in [-0.2, 0) is 0 Å². The van der Waals surface area contributed by atoms with Gasteiger partial charge in [0.25, 0.3) is 11.8 Å². The molecule has 1 aliphatic rings. The number of aromatic nitrogens is 3. The van der Waals surface area contributed by atoms with Gasteiger partial charge < -0.3 is 15.7 Å². The molecule has 37 heavy (non-hydrogen) atoms. The number of nitrogens with zero attached hydrogens (tertiary/aromatic N) is 3. The summed E-state index contributed by atoms with van der Waals surface area (Å²) < 4.78 is 16.1. The third-order valence-corrected chi connectivity index (χ3v) is 6.57. The highest BCUT2D eigenvalue weighted by Crippen LogP contribution is 2.29. The summed E-state index contributed by atoms with van der Waals surface area (Å²) in [6.07, 6.45) is 2.93. The van der Waals surface area contributed by atoms with Crippen molar-refractivity contribution < 1.29 is 19.1 Å². The molecule has 0 bridgehead atoms. The zero-order valence-electron chi connectivity index (χ0n) is 19.6. The van der Waals surface area contributed by atoms with Crippen molar-refractivity contribution in [3.8, 4) is 16.9 Å². The molecule has 1 saturated carbocycles. The summed E-state index contributed by atoms with van der Waals surface area (Å²) in [4.78, 5) is 30.3. The Morgan fingerprint density at radius 2 is 1.81 bits per heavy atom. The molecule has 8 nitrogen and oxygen atoms in total. The minimum absolute atomic E-state index is 0.0346. The van der Waals surface area contributed by atoms with Gasteiger partial charge in [-0.05, 0) is 55.2 Å². The van der Waals surface area contributed by atoms with Gasteiger partial charge in [-0.2, -0.15) is 5.10 Å². The van der Waals surface area contributed by atoms with Crippen LogP contribution in [0.5, 0.6) is 0 Å². The number of aliphatic hydroxyl groups is 1. The number of carbonyl (C=O) groups excluding carboxylic acids is 2. The quantitative estimate of drug-likeness (QED) is 0.333. The lowest BCUT2D eigenvalue weighted by atomic mass is 9.81. The molecule has 0 aliphatic heterocycles. The minimum Gasteiger partial charge on any atom is -0.396 e. The van der Waals surface area contributed by atoms with Crippen molar-refractivity contribution in [2.24, 2.45) is 5.92 Å². The Morgan fingerprint density at radius 1 is 1.05 bits per heavy atom. The molecule has 0 radical (unpaired) electrons. The predicted octanol–water partition coefficient (Wildman–Crippen LogP) is 4.48. The standard InChI is InChI=1S/C27H23ClFN5O3/c28-21-13-22(29)20(23-8-4-5-9-30-23)12-19(21)26(36)32-25-14-24(27(37)31-17-10-16(11-17)15-35)33-34(25)18-6-2-1-3-7-18/h1-9,12-14,16-17,35H,10-11,15H2,(H,31,37)(H,32,36). The smallest absolute Gasteiger partial charge is 0.272 e. The van der Waals surface area contributed by atoms with E-state index in [9.17, 15) is 19.1 Å². The molecule has 2 aromatic heterocycles. The highest BCUT2D eigenvalue weighted by Gasteiger charge is 2.30. The van der Waals surface area contributed by atoms with Crippen LogP contribution in [0, 0.1) is 11.7 Å². The molecule has 10 heteroatoms. The Balaban J connectivity index is 1.44. The van der Waals surface area contributed by atoms with E-state index in [0.717, 1.165) is 6.07 Å². The zero-order valence-corrected chi connectivity index (χ0v) is 20.3. The largest absolute Gasteiger partial charge is 0.396 e. The predicted molar refractivity (Wildman–Crippen MR) is 137 cm³/mol. The molecule has 2 heterocycles. The van der Waals surface area contributed by atoms with E-state index in [-0.39, 0.29) is 52.1 Å². The van der Waals surface area contributed by atoms with Gasteiger partial charge in [0, 0.05) is 30.5 Å². The van der Waals surface area contributed by atoms with Crippen molar-refractivity contribution in [1.29, 1.82) is 0 Å². The molecule has 1 fully saturated rings. The molecule has 5 rings (SSSR count). The van der Waals surface area contributed by atoms with E-state index in [0.29, 0.717) is 24.2 Å². The maximum Gasteiger partial charge on any atom is 0.272 e. The van der Waals surface area contributed by atoms with Crippen molar-refractivity contribution in [1.82, 2.24) is 20.1 Å². The summed E-state index contributed by atoms with van der Waals surface area (Å²) in [5.41, 5.74) is 1.28. The van der Waals surface area contributed by atoms with E-state index in [2.05, 4.69) is 20.7 Å². The van der Waals surface area contributed by atoms with Gasteiger partial charge in [-0.25, -0.2) is 9.07 Å². The second kappa shape index (κ2) is 10.5. The summed E-state index contributed by atoms with van der Waals surface area (Å²) >= 11 is 6.24. The van der Waals surface area contributed by atoms with Crippen molar-refractivity contribution in [2.75, 3.05) is 11.9 Å². The Kier molecular flexibility index (Phi) is 6.98. The normalized spacial score (nSPS) is 16.6. The Bertz CT molecular complexity index is 1440. The third kappa shape index (κ3) is 5.23. The molecule has 0 atom stereocenters. The lowest BCUT2D eigenvalue weighted by molar-refractivity contribution is 0.0827. The fourth-order valence-electron chi connectivity index (χ4n) is 4.23. The molecule has 2 amide bonds. The van der Waals surface area contributed by atoms with Crippen molar-refractivity contribution >= 4 is 29.2 Å². The van der Waals surface area contributed by atoms with Gasteiger partial charge in [0.1, 0.15) is 11.6 Å². The number of halogens is 2. The number of rotatable bonds is 7. The highest BCUT2D eigenvalue weighted by molar-refractivity contribution is 6.34. The number of benzene rings is 2. The number of hydrogen-bond donors (Lipinski definition) is 3. The second-order valence-electron chi connectivity index (χ2n) is 8.83. The lowest BCUT2D eigenvalue weighted by Crippen LogP contribution is -2.45. The summed E-state index contributed by atoms with van der Waals surface area (Å²) in [6.45, 7) is 0.0964. The summed E-state index contributed by atoms with van der Waals surface area (Å²) in [5, 5.41) is 19.2. The molecular formula is C27H23ClFN5O3. The fourth-order valence-corrected chi connectivity index (χ4v) is 4.47. The topological polar surface area (TPSA) is 109 Å². The molecule has 1 aliphatic carbocycles. The number of para-hydroxylation sites is 1. The first-order chi connectivity index (χ1) is 17.9. The summed E-state index contributed by atoms with van der Waals surface area (Å²) in [6, 6.07) is 17.9. The van der Waals surface area contributed by atoms with Gasteiger partial charge in [0.15, 0.2) is 5.69 Å².